The number of rotatable bonds is 3. The number of carbonyl (C=O) groups is 1. The van der Waals surface area contributed by atoms with Gasteiger partial charge < -0.3 is 9.47 Å². The van der Waals surface area contributed by atoms with Gasteiger partial charge in [-0.1, -0.05) is 6.07 Å². The van der Waals surface area contributed by atoms with Gasteiger partial charge in [-0.25, -0.2) is 0 Å². The molecule has 0 amide bonds. The Morgan fingerprint density at radius 1 is 1.36 bits per heavy atom. The average Bonchev–Trinajstić information content (AvgIpc) is 2.21. The molecule has 14 heavy (non-hydrogen) atoms. The minimum atomic E-state index is -0.235. The maximum absolute atomic E-state index is 11.1. The monoisotopic (exact) mass is 194 g/mol. The summed E-state index contributed by atoms with van der Waals surface area (Å²) < 4.78 is 9.68. The van der Waals surface area contributed by atoms with E-state index in [2.05, 4.69) is 4.74 Å². The molecular formula is C11H14O3. The van der Waals surface area contributed by atoms with Crippen LogP contribution < -0.4 is 4.74 Å². The van der Waals surface area contributed by atoms with Gasteiger partial charge in [-0.15, -0.1) is 0 Å². The maximum Gasteiger partial charge on any atom is 0.309 e. The lowest BCUT2D eigenvalue weighted by molar-refractivity contribution is -0.139. The van der Waals surface area contributed by atoms with Crippen LogP contribution in [0.1, 0.15) is 11.1 Å². The Hall–Kier alpha value is -1.51. The lowest BCUT2D eigenvalue weighted by Crippen LogP contribution is -2.05. The third-order valence-electron chi connectivity index (χ3n) is 2.12. The summed E-state index contributed by atoms with van der Waals surface area (Å²) in [6, 6.07) is 5.65. The largest absolute Gasteiger partial charge is 0.497 e. The number of hydrogen-bond acceptors (Lipinski definition) is 3. The second-order valence-electron chi connectivity index (χ2n) is 3.05. The van der Waals surface area contributed by atoms with E-state index in [1.54, 1.807) is 7.11 Å². The van der Waals surface area contributed by atoms with Crippen molar-refractivity contribution in [2.24, 2.45) is 0 Å². The first-order chi connectivity index (χ1) is 6.67. The Bertz CT molecular complexity index is 331. The molecule has 3 heteroatoms. The molecule has 0 aliphatic rings. The maximum atomic E-state index is 11.1. The van der Waals surface area contributed by atoms with E-state index in [1.807, 2.05) is 25.1 Å². The second-order valence-corrected chi connectivity index (χ2v) is 3.05. The SMILES string of the molecule is COC(=O)Cc1cc(OC)ccc1C. The first-order valence-electron chi connectivity index (χ1n) is 4.37. The van der Waals surface area contributed by atoms with Gasteiger partial charge in [-0.2, -0.15) is 0 Å². The highest BCUT2D eigenvalue weighted by Gasteiger charge is 2.06. The molecule has 0 bridgehead atoms. The van der Waals surface area contributed by atoms with Crippen LogP contribution in [-0.2, 0) is 16.0 Å². The van der Waals surface area contributed by atoms with Crippen LogP contribution in [0.5, 0.6) is 5.75 Å². The highest BCUT2D eigenvalue weighted by atomic mass is 16.5. The summed E-state index contributed by atoms with van der Waals surface area (Å²) in [6.07, 6.45) is 0.291. The minimum absolute atomic E-state index is 0.235. The van der Waals surface area contributed by atoms with Crippen LogP contribution in [-0.4, -0.2) is 20.2 Å². The minimum Gasteiger partial charge on any atom is -0.497 e. The second kappa shape index (κ2) is 4.65. The van der Waals surface area contributed by atoms with Crippen molar-refractivity contribution in [2.75, 3.05) is 14.2 Å². The fourth-order valence-corrected chi connectivity index (χ4v) is 1.19. The molecule has 0 N–H and O–H groups in total. The van der Waals surface area contributed by atoms with Crippen molar-refractivity contribution in [3.63, 3.8) is 0 Å². The summed E-state index contributed by atoms with van der Waals surface area (Å²) in [4.78, 5) is 11.1. The van der Waals surface area contributed by atoms with Crippen LogP contribution in [0.2, 0.25) is 0 Å². The highest BCUT2D eigenvalue weighted by molar-refractivity contribution is 5.73. The van der Waals surface area contributed by atoms with Gasteiger partial charge in [0.05, 0.1) is 20.6 Å². The molecule has 3 nitrogen and oxygen atoms in total. The summed E-state index contributed by atoms with van der Waals surface area (Å²) in [5, 5.41) is 0. The molecular weight excluding hydrogens is 180 g/mol. The zero-order chi connectivity index (χ0) is 10.6. The number of esters is 1. The Labute approximate surface area is 83.6 Å². The molecule has 76 valence electrons. The number of aryl methyl sites for hydroxylation is 1. The molecule has 0 fully saturated rings. The van der Waals surface area contributed by atoms with Crippen molar-refractivity contribution in [3.05, 3.63) is 29.3 Å². The third kappa shape index (κ3) is 2.49. The number of methoxy groups -OCH3 is 2. The Kier molecular flexibility index (Phi) is 3.51. The van der Waals surface area contributed by atoms with E-state index in [0.29, 0.717) is 6.42 Å². The molecule has 0 atom stereocenters. The van der Waals surface area contributed by atoms with Crippen LogP contribution >= 0.6 is 0 Å². The zero-order valence-corrected chi connectivity index (χ0v) is 8.66. The molecule has 0 saturated heterocycles. The Balaban J connectivity index is 2.89. The molecule has 0 unspecified atom stereocenters. The van der Waals surface area contributed by atoms with Crippen molar-refractivity contribution in [3.8, 4) is 5.75 Å². The summed E-state index contributed by atoms with van der Waals surface area (Å²) in [5.41, 5.74) is 2.01. The molecule has 0 radical (unpaired) electrons. The van der Waals surface area contributed by atoms with Crippen molar-refractivity contribution in [2.45, 2.75) is 13.3 Å². The van der Waals surface area contributed by atoms with Gasteiger partial charge in [-0.05, 0) is 30.2 Å². The van der Waals surface area contributed by atoms with Crippen LogP contribution in [0.15, 0.2) is 18.2 Å². The topological polar surface area (TPSA) is 35.5 Å². The summed E-state index contributed by atoms with van der Waals surface area (Å²) in [6.45, 7) is 1.96. The van der Waals surface area contributed by atoms with Gasteiger partial charge in [0.15, 0.2) is 0 Å². The van der Waals surface area contributed by atoms with E-state index in [4.69, 9.17) is 4.74 Å². The van der Waals surface area contributed by atoms with E-state index >= 15 is 0 Å². The lowest BCUT2D eigenvalue weighted by Gasteiger charge is -2.06. The third-order valence-corrected chi connectivity index (χ3v) is 2.12. The van der Waals surface area contributed by atoms with Crippen molar-refractivity contribution in [1.29, 1.82) is 0 Å². The molecule has 1 rings (SSSR count). The molecule has 1 aromatic carbocycles. The summed E-state index contributed by atoms with van der Waals surface area (Å²) >= 11 is 0. The van der Waals surface area contributed by atoms with E-state index < -0.39 is 0 Å². The normalized spacial score (nSPS) is 9.64. The number of hydrogen-bond donors (Lipinski definition) is 0. The fourth-order valence-electron chi connectivity index (χ4n) is 1.19. The molecule has 0 saturated carbocycles. The first kappa shape index (κ1) is 10.6. The van der Waals surface area contributed by atoms with E-state index in [-0.39, 0.29) is 5.97 Å². The highest BCUT2D eigenvalue weighted by Crippen LogP contribution is 2.17. The predicted molar refractivity (Wildman–Crippen MR) is 53.5 cm³/mol. The van der Waals surface area contributed by atoms with Crippen LogP contribution in [0.25, 0.3) is 0 Å². The molecule has 0 heterocycles. The number of carbonyl (C=O) groups excluding carboxylic acids is 1. The summed E-state index contributed by atoms with van der Waals surface area (Å²) in [5.74, 6) is 0.524. The first-order valence-corrected chi connectivity index (χ1v) is 4.37. The van der Waals surface area contributed by atoms with Gasteiger partial charge in [0.25, 0.3) is 0 Å². The lowest BCUT2D eigenvalue weighted by atomic mass is 10.1. The van der Waals surface area contributed by atoms with E-state index in [9.17, 15) is 4.79 Å². The van der Waals surface area contributed by atoms with Crippen LogP contribution in [0.3, 0.4) is 0 Å². The van der Waals surface area contributed by atoms with Gasteiger partial charge in [0, 0.05) is 0 Å². The van der Waals surface area contributed by atoms with Gasteiger partial charge >= 0.3 is 5.97 Å². The van der Waals surface area contributed by atoms with Crippen molar-refractivity contribution in [1.82, 2.24) is 0 Å². The van der Waals surface area contributed by atoms with Crippen molar-refractivity contribution < 1.29 is 14.3 Å². The van der Waals surface area contributed by atoms with Crippen LogP contribution in [0.4, 0.5) is 0 Å². The number of benzene rings is 1. The smallest absolute Gasteiger partial charge is 0.309 e. The van der Waals surface area contributed by atoms with Gasteiger partial charge in [0.1, 0.15) is 5.75 Å². The van der Waals surface area contributed by atoms with Crippen molar-refractivity contribution >= 4 is 5.97 Å². The van der Waals surface area contributed by atoms with Gasteiger partial charge in [0.2, 0.25) is 0 Å². The van der Waals surface area contributed by atoms with E-state index in [1.165, 1.54) is 7.11 Å². The van der Waals surface area contributed by atoms with E-state index in [0.717, 1.165) is 16.9 Å². The Morgan fingerprint density at radius 2 is 2.07 bits per heavy atom. The number of ether oxygens (including phenoxy) is 2. The zero-order valence-electron chi connectivity index (χ0n) is 8.66. The van der Waals surface area contributed by atoms with Crippen LogP contribution in [0, 0.1) is 6.92 Å². The quantitative estimate of drug-likeness (QED) is 0.687. The average molecular weight is 194 g/mol. The molecule has 0 spiro atoms. The summed E-state index contributed by atoms with van der Waals surface area (Å²) in [7, 11) is 2.99. The Morgan fingerprint density at radius 3 is 2.64 bits per heavy atom. The predicted octanol–water partition coefficient (Wildman–Crippen LogP) is 1.72. The molecule has 0 aromatic heterocycles. The standard InChI is InChI=1S/C11H14O3/c1-8-4-5-10(13-2)6-9(8)7-11(12)14-3/h4-6H,7H2,1-3H3. The fraction of sp³-hybridized carbons (Fsp3) is 0.364. The molecule has 1 aromatic rings. The van der Waals surface area contributed by atoms with Gasteiger partial charge in [-0.3, -0.25) is 4.79 Å². The molecule has 0 aliphatic carbocycles. The molecule has 0 aliphatic heterocycles.